The molecule has 1 N–H and O–H groups in total. The monoisotopic (exact) mass is 312 g/mol. The number of amides is 1. The Hall–Kier alpha value is -1.46. The maximum absolute atomic E-state index is 12.0. The number of carbonyl (C=O) groups is 1. The lowest BCUT2D eigenvalue weighted by atomic mass is 9.86. The number of nitrogens with zero attached hydrogens (tertiary/aromatic N) is 3. The van der Waals surface area contributed by atoms with Crippen LogP contribution >= 0.6 is 23.2 Å². The Bertz CT molecular complexity index is 605. The first-order chi connectivity index (χ1) is 9.27. The van der Waals surface area contributed by atoms with Crippen LogP contribution in [0, 0.1) is 5.41 Å². The zero-order valence-corrected chi connectivity index (χ0v) is 12.8. The van der Waals surface area contributed by atoms with Crippen LogP contribution < -0.4 is 5.32 Å². The van der Waals surface area contributed by atoms with Crippen molar-refractivity contribution in [1.82, 2.24) is 5.32 Å². The summed E-state index contributed by atoms with van der Waals surface area (Å²) in [7, 11) is 0. The molecule has 1 amide bonds. The minimum atomic E-state index is -0.526. The number of aliphatic imine (C=N–C) groups is 1. The quantitative estimate of drug-likeness (QED) is 0.837. The molecule has 1 aromatic carbocycles. The molecular formula is C13H14Cl2N4O. The third kappa shape index (κ3) is 3.35. The van der Waals surface area contributed by atoms with Gasteiger partial charge in [0.15, 0.2) is 6.04 Å². The molecular weight excluding hydrogens is 299 g/mol. The smallest absolute Gasteiger partial charge is 0.254 e. The zero-order chi connectivity index (χ0) is 14.9. The summed E-state index contributed by atoms with van der Waals surface area (Å²) in [6.07, 6.45) is 0. The van der Waals surface area contributed by atoms with Gasteiger partial charge in [0.2, 0.25) is 5.96 Å². The van der Waals surface area contributed by atoms with Crippen LogP contribution in [0.2, 0.25) is 10.0 Å². The Labute approximate surface area is 127 Å². The number of hydrogen-bond acceptors (Lipinski definition) is 3. The van der Waals surface area contributed by atoms with Gasteiger partial charge in [0.05, 0.1) is 10.7 Å². The van der Waals surface area contributed by atoms with E-state index in [1.54, 1.807) is 18.2 Å². The van der Waals surface area contributed by atoms with E-state index in [1.165, 1.54) is 0 Å². The van der Waals surface area contributed by atoms with E-state index in [2.05, 4.69) is 20.5 Å². The fourth-order valence-electron chi connectivity index (χ4n) is 1.67. The molecule has 1 atom stereocenters. The summed E-state index contributed by atoms with van der Waals surface area (Å²) in [6.45, 7) is 5.78. The van der Waals surface area contributed by atoms with Gasteiger partial charge in [-0.25, -0.2) is 4.99 Å². The Morgan fingerprint density at radius 3 is 2.55 bits per heavy atom. The molecule has 0 spiro atoms. The summed E-state index contributed by atoms with van der Waals surface area (Å²) < 4.78 is 0. The highest BCUT2D eigenvalue weighted by atomic mass is 35.5. The van der Waals surface area contributed by atoms with Gasteiger partial charge >= 0.3 is 0 Å². The molecule has 1 aromatic rings. The summed E-state index contributed by atoms with van der Waals surface area (Å²) in [5.41, 5.74) is 0.177. The topological polar surface area (TPSA) is 66.2 Å². The molecule has 5 nitrogen and oxygen atoms in total. The number of halogens is 2. The fraction of sp³-hybridized carbons (Fsp3) is 0.385. The first-order valence-corrected chi connectivity index (χ1v) is 6.78. The van der Waals surface area contributed by atoms with Crippen molar-refractivity contribution in [2.75, 3.05) is 0 Å². The van der Waals surface area contributed by atoms with E-state index in [0.29, 0.717) is 15.7 Å². The molecule has 0 radical (unpaired) electrons. The summed E-state index contributed by atoms with van der Waals surface area (Å²) in [5.74, 6) is -0.101. The average Bonchev–Trinajstić information content (AvgIpc) is 2.31. The third-order valence-electron chi connectivity index (χ3n) is 2.71. The van der Waals surface area contributed by atoms with E-state index < -0.39 is 6.04 Å². The molecule has 0 saturated heterocycles. The van der Waals surface area contributed by atoms with E-state index in [9.17, 15) is 4.79 Å². The standard InChI is InChI=1S/C13H14Cl2N4O/c1-13(2,3)10-11(20)17-12(19-18-10)16-9-5-4-7(14)6-8(9)15/h4-6,10H,1-3H3,(H,16,17,20). The largest absolute Gasteiger partial charge is 0.291 e. The molecule has 0 aliphatic carbocycles. The first kappa shape index (κ1) is 14.9. The van der Waals surface area contributed by atoms with Gasteiger partial charge in [0.1, 0.15) is 0 Å². The average molecular weight is 313 g/mol. The second-order valence-electron chi connectivity index (χ2n) is 5.50. The molecule has 106 valence electrons. The van der Waals surface area contributed by atoms with Crippen molar-refractivity contribution in [1.29, 1.82) is 0 Å². The molecule has 0 fully saturated rings. The predicted molar refractivity (Wildman–Crippen MR) is 79.8 cm³/mol. The number of rotatable bonds is 1. The molecule has 0 bridgehead atoms. The van der Waals surface area contributed by atoms with Crippen molar-refractivity contribution in [3.63, 3.8) is 0 Å². The molecule has 0 aromatic heterocycles. The minimum Gasteiger partial charge on any atom is -0.291 e. The Morgan fingerprint density at radius 1 is 1.30 bits per heavy atom. The van der Waals surface area contributed by atoms with Crippen LogP contribution in [0.4, 0.5) is 5.69 Å². The van der Waals surface area contributed by atoms with Crippen LogP contribution in [0.15, 0.2) is 33.4 Å². The van der Waals surface area contributed by atoms with Crippen molar-refractivity contribution in [3.05, 3.63) is 28.2 Å². The summed E-state index contributed by atoms with van der Waals surface area (Å²) in [5, 5.41) is 11.5. The molecule has 2 rings (SSSR count). The van der Waals surface area contributed by atoms with E-state index in [-0.39, 0.29) is 17.3 Å². The highest BCUT2D eigenvalue weighted by Crippen LogP contribution is 2.29. The van der Waals surface area contributed by atoms with Gasteiger partial charge < -0.3 is 0 Å². The van der Waals surface area contributed by atoms with E-state index >= 15 is 0 Å². The van der Waals surface area contributed by atoms with Crippen molar-refractivity contribution >= 4 is 40.8 Å². The van der Waals surface area contributed by atoms with E-state index in [0.717, 1.165) is 0 Å². The highest BCUT2D eigenvalue weighted by molar-refractivity contribution is 6.36. The lowest BCUT2D eigenvalue weighted by Gasteiger charge is -2.27. The number of guanidine groups is 1. The van der Waals surface area contributed by atoms with Gasteiger partial charge in [-0.3, -0.25) is 10.1 Å². The van der Waals surface area contributed by atoms with Gasteiger partial charge in [0.25, 0.3) is 5.91 Å². The number of carbonyl (C=O) groups excluding carboxylic acids is 1. The lowest BCUT2D eigenvalue weighted by molar-refractivity contribution is -0.123. The van der Waals surface area contributed by atoms with E-state index in [4.69, 9.17) is 23.2 Å². The number of hydrogen-bond donors (Lipinski definition) is 1. The third-order valence-corrected chi connectivity index (χ3v) is 3.25. The number of benzene rings is 1. The first-order valence-electron chi connectivity index (χ1n) is 6.03. The maximum Gasteiger partial charge on any atom is 0.254 e. The van der Waals surface area contributed by atoms with Crippen LogP contribution in [-0.4, -0.2) is 17.9 Å². The van der Waals surface area contributed by atoms with Crippen LogP contribution in [0.3, 0.4) is 0 Å². The predicted octanol–water partition coefficient (Wildman–Crippen LogP) is 3.98. The lowest BCUT2D eigenvalue weighted by Crippen LogP contribution is -2.46. The molecule has 0 saturated carbocycles. The Balaban J connectivity index is 2.28. The van der Waals surface area contributed by atoms with Crippen LogP contribution in [0.5, 0.6) is 0 Å². The molecule has 20 heavy (non-hydrogen) atoms. The molecule has 1 aliphatic heterocycles. The zero-order valence-electron chi connectivity index (χ0n) is 11.3. The minimum absolute atomic E-state index is 0.125. The van der Waals surface area contributed by atoms with Crippen molar-refractivity contribution in [2.24, 2.45) is 20.6 Å². The number of azo groups is 1. The highest BCUT2D eigenvalue weighted by Gasteiger charge is 2.34. The molecule has 1 heterocycles. The van der Waals surface area contributed by atoms with Crippen LogP contribution in [0.25, 0.3) is 0 Å². The van der Waals surface area contributed by atoms with Crippen LogP contribution in [0.1, 0.15) is 20.8 Å². The van der Waals surface area contributed by atoms with Crippen molar-refractivity contribution < 1.29 is 4.79 Å². The van der Waals surface area contributed by atoms with E-state index in [1.807, 2.05) is 20.8 Å². The molecule has 1 aliphatic rings. The van der Waals surface area contributed by atoms with Gasteiger partial charge in [-0.2, -0.15) is 5.11 Å². The molecule has 1 unspecified atom stereocenters. The van der Waals surface area contributed by atoms with Gasteiger partial charge in [-0.1, -0.05) is 44.0 Å². The summed E-state index contributed by atoms with van der Waals surface area (Å²) >= 11 is 11.8. The Kier molecular flexibility index (Phi) is 4.11. The maximum atomic E-state index is 12.0. The van der Waals surface area contributed by atoms with Gasteiger partial charge in [-0.05, 0) is 23.6 Å². The second-order valence-corrected chi connectivity index (χ2v) is 6.35. The SMILES string of the molecule is CC(C)(C)C1N=NC(=Nc2ccc(Cl)cc2Cl)NC1=O. The fourth-order valence-corrected chi connectivity index (χ4v) is 2.12. The summed E-state index contributed by atoms with van der Waals surface area (Å²) in [4.78, 5) is 16.1. The summed E-state index contributed by atoms with van der Waals surface area (Å²) in [6, 6.07) is 4.35. The number of nitrogens with one attached hydrogen (secondary N) is 1. The van der Waals surface area contributed by atoms with Gasteiger partial charge in [0, 0.05) is 5.02 Å². The van der Waals surface area contributed by atoms with Crippen LogP contribution in [-0.2, 0) is 4.79 Å². The molecule has 7 heteroatoms. The van der Waals surface area contributed by atoms with Gasteiger partial charge in [-0.15, -0.1) is 5.11 Å². The van der Waals surface area contributed by atoms with Crippen molar-refractivity contribution in [2.45, 2.75) is 26.8 Å². The second kappa shape index (κ2) is 5.50. The normalized spacial score (nSPS) is 21.1. The van der Waals surface area contributed by atoms with Crippen molar-refractivity contribution in [3.8, 4) is 0 Å². The Morgan fingerprint density at radius 2 is 2.00 bits per heavy atom.